The number of hydrogen-bond acceptors (Lipinski definition) is 5. The Hall–Kier alpha value is -2.76. The molecule has 1 fully saturated rings. The highest BCUT2D eigenvalue weighted by Crippen LogP contribution is 2.32. The van der Waals surface area contributed by atoms with Crippen molar-refractivity contribution in [2.24, 2.45) is 0 Å². The molecule has 1 aliphatic heterocycles. The van der Waals surface area contributed by atoms with Gasteiger partial charge in [0.1, 0.15) is 30.5 Å². The van der Waals surface area contributed by atoms with Crippen LogP contribution in [0.2, 0.25) is 0 Å². The first-order chi connectivity index (χ1) is 14.7. The molecule has 0 atom stereocenters. The normalized spacial score (nSPS) is 14.3. The molecule has 3 aromatic rings. The average Bonchev–Trinajstić information content (AvgIpc) is 3.28. The highest BCUT2D eigenvalue weighted by Gasteiger charge is 2.12. The molecule has 0 bridgehead atoms. The summed E-state index contributed by atoms with van der Waals surface area (Å²) >= 11 is 0. The van der Waals surface area contributed by atoms with Gasteiger partial charge in [-0.1, -0.05) is 24.3 Å². The fraction of sp³-hybridized carbons (Fsp3) is 0.360. The number of rotatable bonds is 9. The van der Waals surface area contributed by atoms with E-state index in [1.165, 1.54) is 25.9 Å². The lowest BCUT2D eigenvalue weighted by Gasteiger charge is -2.16. The van der Waals surface area contributed by atoms with Crippen molar-refractivity contribution in [3.8, 4) is 17.2 Å². The quantitative estimate of drug-likeness (QED) is 0.562. The van der Waals surface area contributed by atoms with Crippen LogP contribution in [0.3, 0.4) is 0 Å². The van der Waals surface area contributed by atoms with E-state index in [9.17, 15) is 5.11 Å². The molecule has 0 aliphatic carbocycles. The number of aliphatic hydroxyl groups is 1. The molecule has 3 aromatic carbocycles. The Morgan fingerprint density at radius 1 is 0.867 bits per heavy atom. The van der Waals surface area contributed by atoms with Crippen LogP contribution in [-0.2, 0) is 6.42 Å². The number of ether oxygens (including phenoxy) is 2. The molecule has 0 amide bonds. The Bertz CT molecular complexity index is 965. The Labute approximate surface area is 177 Å². The van der Waals surface area contributed by atoms with Gasteiger partial charge in [0.05, 0.1) is 6.61 Å². The molecule has 0 radical (unpaired) electrons. The minimum atomic E-state index is -0.0312. The first-order valence-electron chi connectivity index (χ1n) is 10.7. The molecule has 0 aromatic heterocycles. The van der Waals surface area contributed by atoms with Crippen molar-refractivity contribution in [3.05, 3.63) is 65.7 Å². The molecule has 2 N–H and O–H groups in total. The number of fused-ring (bicyclic) bond motifs is 1. The van der Waals surface area contributed by atoms with Gasteiger partial charge in [-0.25, -0.2) is 0 Å². The maximum Gasteiger partial charge on any atom is 0.123 e. The van der Waals surface area contributed by atoms with Crippen LogP contribution in [0, 0.1) is 0 Å². The highest BCUT2D eigenvalue weighted by atomic mass is 16.5. The molecule has 1 saturated heterocycles. The van der Waals surface area contributed by atoms with Crippen molar-refractivity contribution in [3.63, 3.8) is 0 Å². The Morgan fingerprint density at radius 3 is 2.43 bits per heavy atom. The summed E-state index contributed by atoms with van der Waals surface area (Å²) in [6.07, 6.45) is 3.29. The van der Waals surface area contributed by atoms with Crippen LogP contribution in [0.1, 0.15) is 24.0 Å². The molecule has 30 heavy (non-hydrogen) atoms. The number of hydrogen-bond donors (Lipinski definition) is 2. The van der Waals surface area contributed by atoms with Crippen LogP contribution in [0.25, 0.3) is 10.8 Å². The smallest absolute Gasteiger partial charge is 0.123 e. The topological polar surface area (TPSA) is 62.2 Å². The number of aromatic hydroxyl groups is 1. The molecule has 1 aliphatic rings. The van der Waals surface area contributed by atoms with Crippen LogP contribution in [0.5, 0.6) is 17.2 Å². The SMILES string of the molecule is OCCOc1ccc2cc(O)ccc2c1Cc1ccc(OCCN2CCCC2)cc1. The molecule has 5 heteroatoms. The second-order valence-corrected chi connectivity index (χ2v) is 7.74. The average molecular weight is 408 g/mol. The number of phenolic OH excluding ortho intramolecular Hbond substituents is 1. The van der Waals surface area contributed by atoms with Crippen LogP contribution in [0.15, 0.2) is 54.6 Å². The molecule has 4 rings (SSSR count). The minimum Gasteiger partial charge on any atom is -0.508 e. The summed E-state index contributed by atoms with van der Waals surface area (Å²) in [5.74, 6) is 1.89. The summed E-state index contributed by atoms with van der Waals surface area (Å²) in [4.78, 5) is 2.45. The molecule has 0 saturated carbocycles. The fourth-order valence-corrected chi connectivity index (χ4v) is 4.04. The van der Waals surface area contributed by atoms with Crippen LogP contribution in [0.4, 0.5) is 0 Å². The van der Waals surface area contributed by atoms with Gasteiger partial charge in [-0.3, -0.25) is 4.90 Å². The monoisotopic (exact) mass is 407 g/mol. The molecular formula is C25H29NO4. The van der Waals surface area contributed by atoms with Crippen LogP contribution in [-0.4, -0.2) is 54.6 Å². The lowest BCUT2D eigenvalue weighted by atomic mass is 9.97. The lowest BCUT2D eigenvalue weighted by molar-refractivity contribution is 0.200. The van der Waals surface area contributed by atoms with E-state index in [4.69, 9.17) is 14.6 Å². The molecule has 5 nitrogen and oxygen atoms in total. The van der Waals surface area contributed by atoms with E-state index in [1.807, 2.05) is 30.3 Å². The van der Waals surface area contributed by atoms with E-state index >= 15 is 0 Å². The van der Waals surface area contributed by atoms with Gasteiger partial charge in [0.15, 0.2) is 0 Å². The summed E-state index contributed by atoms with van der Waals surface area (Å²) in [6.45, 7) is 4.29. The fourth-order valence-electron chi connectivity index (χ4n) is 4.04. The van der Waals surface area contributed by atoms with Crippen molar-refractivity contribution >= 4 is 10.8 Å². The predicted octanol–water partition coefficient (Wildman–Crippen LogP) is 3.98. The summed E-state index contributed by atoms with van der Waals surface area (Å²) in [7, 11) is 0. The van der Waals surface area contributed by atoms with Gasteiger partial charge in [0.2, 0.25) is 0 Å². The number of aliphatic hydroxyl groups excluding tert-OH is 1. The molecule has 1 heterocycles. The second-order valence-electron chi connectivity index (χ2n) is 7.74. The van der Waals surface area contributed by atoms with Crippen molar-refractivity contribution in [1.82, 2.24) is 4.90 Å². The molecular weight excluding hydrogens is 378 g/mol. The predicted molar refractivity (Wildman–Crippen MR) is 119 cm³/mol. The summed E-state index contributed by atoms with van der Waals surface area (Å²) in [5, 5.41) is 21.0. The zero-order valence-electron chi connectivity index (χ0n) is 17.2. The van der Waals surface area contributed by atoms with E-state index in [2.05, 4.69) is 17.0 Å². The maximum absolute atomic E-state index is 9.81. The lowest BCUT2D eigenvalue weighted by Crippen LogP contribution is -2.25. The third-order valence-corrected chi connectivity index (χ3v) is 5.60. The van der Waals surface area contributed by atoms with Gasteiger partial charge in [0, 0.05) is 18.5 Å². The number of likely N-dealkylation sites (tertiary alicyclic amines) is 1. The highest BCUT2D eigenvalue weighted by molar-refractivity contribution is 5.89. The second kappa shape index (κ2) is 9.83. The van der Waals surface area contributed by atoms with Gasteiger partial charge < -0.3 is 19.7 Å². The number of benzene rings is 3. The third kappa shape index (κ3) is 5.04. The summed E-state index contributed by atoms with van der Waals surface area (Å²) in [6, 6.07) is 17.4. The largest absolute Gasteiger partial charge is 0.508 e. The summed E-state index contributed by atoms with van der Waals surface area (Å²) in [5.41, 5.74) is 2.19. The Kier molecular flexibility index (Phi) is 6.72. The zero-order valence-corrected chi connectivity index (χ0v) is 17.2. The van der Waals surface area contributed by atoms with Gasteiger partial charge in [-0.05, 0) is 72.6 Å². The first-order valence-corrected chi connectivity index (χ1v) is 10.7. The van der Waals surface area contributed by atoms with Crippen molar-refractivity contribution in [1.29, 1.82) is 0 Å². The van der Waals surface area contributed by atoms with E-state index in [1.54, 1.807) is 12.1 Å². The molecule has 0 unspecified atom stereocenters. The molecule has 158 valence electrons. The standard InChI is InChI=1S/C25H29NO4/c27-14-16-30-25-10-5-20-18-21(28)6-9-23(20)24(25)17-19-3-7-22(8-4-19)29-15-13-26-11-1-2-12-26/h3-10,18,27-28H,1-2,11-17H2. The maximum atomic E-state index is 9.81. The first kappa shape index (κ1) is 20.5. The van der Waals surface area contributed by atoms with Crippen LogP contribution < -0.4 is 9.47 Å². The number of phenols is 1. The Balaban J connectivity index is 1.48. The van der Waals surface area contributed by atoms with E-state index in [0.29, 0.717) is 13.0 Å². The van der Waals surface area contributed by atoms with Gasteiger partial charge in [-0.2, -0.15) is 0 Å². The minimum absolute atomic E-state index is 0.0312. The van der Waals surface area contributed by atoms with Gasteiger partial charge >= 0.3 is 0 Å². The number of nitrogens with zero attached hydrogens (tertiary/aromatic N) is 1. The van der Waals surface area contributed by atoms with Gasteiger partial charge in [0.25, 0.3) is 0 Å². The van der Waals surface area contributed by atoms with Crippen LogP contribution >= 0.6 is 0 Å². The van der Waals surface area contributed by atoms with Gasteiger partial charge in [-0.15, -0.1) is 0 Å². The van der Waals surface area contributed by atoms with E-state index in [0.717, 1.165) is 39.9 Å². The summed E-state index contributed by atoms with van der Waals surface area (Å²) < 4.78 is 11.7. The zero-order chi connectivity index (χ0) is 20.8. The van der Waals surface area contributed by atoms with Crippen molar-refractivity contribution < 1.29 is 19.7 Å². The third-order valence-electron chi connectivity index (χ3n) is 5.60. The van der Waals surface area contributed by atoms with Crippen molar-refractivity contribution in [2.45, 2.75) is 19.3 Å². The Morgan fingerprint density at radius 2 is 1.67 bits per heavy atom. The van der Waals surface area contributed by atoms with E-state index < -0.39 is 0 Å². The van der Waals surface area contributed by atoms with Crippen molar-refractivity contribution in [2.75, 3.05) is 39.5 Å². The molecule has 0 spiro atoms. The van der Waals surface area contributed by atoms with E-state index in [-0.39, 0.29) is 19.0 Å².